The summed E-state index contributed by atoms with van der Waals surface area (Å²) in [5.41, 5.74) is 3.06. The third-order valence-corrected chi connectivity index (χ3v) is 2.43. The zero-order chi connectivity index (χ0) is 7.56. The zero-order valence-electron chi connectivity index (χ0n) is 5.76. The molecule has 0 aromatic carbocycles. The smallest absolute Gasteiger partial charge is 0.198 e. The lowest BCUT2D eigenvalue weighted by atomic mass is 11.0. The lowest BCUT2D eigenvalue weighted by molar-refractivity contribution is 0.495. The van der Waals surface area contributed by atoms with E-state index in [0.717, 1.165) is 5.13 Å². The van der Waals surface area contributed by atoms with Gasteiger partial charge >= 0.3 is 0 Å². The average Bonchev–Trinajstić information content (AvgIpc) is 2.13. The van der Waals surface area contributed by atoms with Crippen molar-refractivity contribution in [3.63, 3.8) is 0 Å². The summed E-state index contributed by atoms with van der Waals surface area (Å²) < 4.78 is 1.20. The Morgan fingerprint density at radius 2 is 2.40 bits per heavy atom. The van der Waals surface area contributed by atoms with Gasteiger partial charge in [0.2, 0.25) is 0 Å². The van der Waals surface area contributed by atoms with E-state index in [0.29, 0.717) is 0 Å². The zero-order valence-corrected chi connectivity index (χ0v) is 8.73. The summed E-state index contributed by atoms with van der Waals surface area (Å²) in [5, 5.41) is 2.81. The van der Waals surface area contributed by atoms with Gasteiger partial charge < -0.3 is 0 Å². The number of thiazole rings is 1. The maximum Gasteiger partial charge on any atom is 0.198 e. The van der Waals surface area contributed by atoms with E-state index in [1.54, 1.807) is 11.3 Å². The molecule has 1 N–H and O–H groups in total. The van der Waals surface area contributed by atoms with Gasteiger partial charge in [-0.15, -0.1) is 0 Å². The van der Waals surface area contributed by atoms with E-state index in [4.69, 9.17) is 0 Å². The minimum Gasteiger partial charge on any atom is -0.295 e. The number of hydrogen-bond acceptors (Lipinski definition) is 4. The highest BCUT2D eigenvalue weighted by Crippen LogP contribution is 2.19. The van der Waals surface area contributed by atoms with Crippen molar-refractivity contribution in [2.75, 3.05) is 19.5 Å². The van der Waals surface area contributed by atoms with Crippen LogP contribution in [-0.4, -0.2) is 24.1 Å². The van der Waals surface area contributed by atoms with Crippen LogP contribution >= 0.6 is 33.9 Å². The highest BCUT2D eigenvalue weighted by Gasteiger charge is 1.97. The number of anilines is 1. The number of nitrogens with one attached hydrogen (secondary N) is 1. The van der Waals surface area contributed by atoms with Gasteiger partial charge in [0, 0.05) is 14.1 Å². The number of aromatic nitrogens is 1. The fourth-order valence-corrected chi connectivity index (χ4v) is 1.89. The number of nitrogens with zero attached hydrogens (tertiary/aromatic N) is 2. The minimum absolute atomic E-state index is 0.939. The molecule has 0 radical (unpaired) electrons. The molecule has 10 heavy (non-hydrogen) atoms. The Balaban J connectivity index is 2.58. The average molecular weight is 269 g/mol. The van der Waals surface area contributed by atoms with E-state index in [9.17, 15) is 0 Å². The SMILES string of the molecule is CN(C)Nc1ncc(I)s1. The number of halogens is 1. The van der Waals surface area contributed by atoms with Gasteiger partial charge in [-0.05, 0) is 22.6 Å². The first-order valence-corrected chi connectivity index (χ1v) is 4.63. The minimum atomic E-state index is 0.939. The summed E-state index contributed by atoms with van der Waals surface area (Å²) in [7, 11) is 3.88. The quantitative estimate of drug-likeness (QED) is 0.653. The molecule has 0 aliphatic rings. The van der Waals surface area contributed by atoms with Gasteiger partial charge in [-0.2, -0.15) is 0 Å². The van der Waals surface area contributed by atoms with Crippen LogP contribution in [-0.2, 0) is 0 Å². The molecule has 0 bridgehead atoms. The molecule has 1 heterocycles. The maximum atomic E-state index is 4.11. The van der Waals surface area contributed by atoms with Crippen LogP contribution in [0.15, 0.2) is 6.20 Å². The Morgan fingerprint density at radius 1 is 1.70 bits per heavy atom. The Hall–Kier alpha value is 0.120. The molecule has 0 aliphatic carbocycles. The van der Waals surface area contributed by atoms with Crippen LogP contribution in [0.5, 0.6) is 0 Å². The van der Waals surface area contributed by atoms with Gasteiger partial charge in [0.05, 0.1) is 9.08 Å². The Morgan fingerprint density at radius 3 is 2.80 bits per heavy atom. The van der Waals surface area contributed by atoms with Crippen molar-refractivity contribution in [2.24, 2.45) is 0 Å². The van der Waals surface area contributed by atoms with E-state index in [1.165, 1.54) is 2.88 Å². The van der Waals surface area contributed by atoms with E-state index < -0.39 is 0 Å². The summed E-state index contributed by atoms with van der Waals surface area (Å²) >= 11 is 3.88. The van der Waals surface area contributed by atoms with E-state index in [2.05, 4.69) is 33.0 Å². The standard InChI is InChI=1S/C5H8IN3S/c1-9(2)8-5-7-3-4(6)10-5/h3H,1-2H3,(H,7,8). The molecule has 0 spiro atoms. The topological polar surface area (TPSA) is 28.2 Å². The first kappa shape index (κ1) is 8.22. The largest absolute Gasteiger partial charge is 0.295 e. The molecular weight excluding hydrogens is 261 g/mol. The van der Waals surface area contributed by atoms with Gasteiger partial charge in [0.15, 0.2) is 5.13 Å². The van der Waals surface area contributed by atoms with E-state index >= 15 is 0 Å². The van der Waals surface area contributed by atoms with Crippen LogP contribution < -0.4 is 5.43 Å². The third-order valence-electron chi connectivity index (χ3n) is 0.797. The Labute approximate surface area is 77.6 Å². The molecule has 1 rings (SSSR count). The fraction of sp³-hybridized carbons (Fsp3) is 0.400. The molecular formula is C5H8IN3S. The molecule has 56 valence electrons. The number of rotatable bonds is 2. The van der Waals surface area contributed by atoms with Gasteiger partial charge in [-0.25, -0.2) is 9.99 Å². The number of hydrazine groups is 1. The van der Waals surface area contributed by atoms with Gasteiger partial charge in [-0.1, -0.05) is 11.3 Å². The molecule has 1 aromatic heterocycles. The summed E-state index contributed by atoms with van der Waals surface area (Å²) in [5.74, 6) is 0. The summed E-state index contributed by atoms with van der Waals surface area (Å²) in [6.45, 7) is 0. The second kappa shape index (κ2) is 3.49. The molecule has 0 fully saturated rings. The molecule has 0 aliphatic heterocycles. The van der Waals surface area contributed by atoms with Gasteiger partial charge in [0.1, 0.15) is 0 Å². The fourth-order valence-electron chi connectivity index (χ4n) is 0.497. The molecule has 5 heteroatoms. The summed E-state index contributed by atoms with van der Waals surface area (Å²) in [4.78, 5) is 4.11. The second-order valence-electron chi connectivity index (χ2n) is 1.98. The van der Waals surface area contributed by atoms with Gasteiger partial charge in [0.25, 0.3) is 0 Å². The van der Waals surface area contributed by atoms with Crippen LogP contribution in [0, 0.1) is 2.88 Å². The molecule has 0 saturated carbocycles. The van der Waals surface area contributed by atoms with Crippen LogP contribution in [0.1, 0.15) is 0 Å². The van der Waals surface area contributed by atoms with Crippen LogP contribution in [0.4, 0.5) is 5.13 Å². The molecule has 0 saturated heterocycles. The van der Waals surface area contributed by atoms with Crippen molar-refractivity contribution in [2.45, 2.75) is 0 Å². The predicted molar refractivity (Wildman–Crippen MR) is 52.1 cm³/mol. The van der Waals surface area contributed by atoms with Crippen molar-refractivity contribution in [3.8, 4) is 0 Å². The Bertz CT molecular complexity index is 210. The van der Waals surface area contributed by atoms with Crippen LogP contribution in [0.2, 0.25) is 0 Å². The highest BCUT2D eigenvalue weighted by atomic mass is 127. The first-order valence-electron chi connectivity index (χ1n) is 2.74. The molecule has 1 aromatic rings. The molecule has 3 nitrogen and oxygen atoms in total. The van der Waals surface area contributed by atoms with E-state index in [1.807, 2.05) is 25.3 Å². The monoisotopic (exact) mass is 269 g/mol. The van der Waals surface area contributed by atoms with Gasteiger partial charge in [-0.3, -0.25) is 5.43 Å². The molecule has 0 amide bonds. The predicted octanol–water partition coefficient (Wildman–Crippen LogP) is 1.64. The molecule has 0 unspecified atom stereocenters. The van der Waals surface area contributed by atoms with E-state index in [-0.39, 0.29) is 0 Å². The van der Waals surface area contributed by atoms with Crippen molar-refractivity contribution in [3.05, 3.63) is 9.08 Å². The number of hydrogen-bond donors (Lipinski definition) is 1. The maximum absolute atomic E-state index is 4.11. The second-order valence-corrected chi connectivity index (χ2v) is 4.90. The van der Waals surface area contributed by atoms with Crippen LogP contribution in [0.3, 0.4) is 0 Å². The lowest BCUT2D eigenvalue weighted by Crippen LogP contribution is -2.19. The van der Waals surface area contributed by atoms with Crippen molar-refractivity contribution in [1.82, 2.24) is 9.99 Å². The van der Waals surface area contributed by atoms with Crippen LogP contribution in [0.25, 0.3) is 0 Å². The lowest BCUT2D eigenvalue weighted by Gasteiger charge is -2.08. The summed E-state index contributed by atoms with van der Waals surface area (Å²) in [6, 6.07) is 0. The van der Waals surface area contributed by atoms with Crippen molar-refractivity contribution >= 4 is 39.1 Å². The third kappa shape index (κ3) is 2.39. The first-order chi connectivity index (χ1) is 4.68. The normalized spacial score (nSPS) is 10.4. The molecule has 0 atom stereocenters. The Kier molecular flexibility index (Phi) is 2.87. The highest BCUT2D eigenvalue weighted by molar-refractivity contribution is 14.1. The summed E-state index contributed by atoms with van der Waals surface area (Å²) in [6.07, 6.45) is 1.84. The van der Waals surface area contributed by atoms with Crippen molar-refractivity contribution in [1.29, 1.82) is 0 Å². The van der Waals surface area contributed by atoms with Crippen molar-refractivity contribution < 1.29 is 0 Å².